The van der Waals surface area contributed by atoms with E-state index in [1.54, 1.807) is 6.92 Å². The molecule has 10 nitrogen and oxygen atoms in total. The number of ketones is 1. The van der Waals surface area contributed by atoms with Crippen molar-refractivity contribution in [1.82, 2.24) is 5.16 Å². The van der Waals surface area contributed by atoms with Crippen molar-refractivity contribution in [3.63, 3.8) is 0 Å². The highest BCUT2D eigenvalue weighted by atomic mass is 35.5. The molecule has 3 heterocycles. The van der Waals surface area contributed by atoms with Crippen LogP contribution in [0.4, 0.5) is 5.88 Å². The number of anilines is 1. The van der Waals surface area contributed by atoms with Crippen molar-refractivity contribution in [2.45, 2.75) is 30.1 Å². The third-order valence-corrected chi connectivity index (χ3v) is 8.99. The number of carbonyl (C=O) groups is 1. The molecule has 0 bridgehead atoms. The molecule has 0 radical (unpaired) electrons. The van der Waals surface area contributed by atoms with Crippen molar-refractivity contribution in [3.05, 3.63) is 44.2 Å². The van der Waals surface area contributed by atoms with Crippen LogP contribution in [-0.4, -0.2) is 40.8 Å². The van der Waals surface area contributed by atoms with Crippen molar-refractivity contribution in [2.75, 3.05) is 17.8 Å². The number of sulfone groups is 1. The normalized spacial score (nSPS) is 13.3. The largest absolute Gasteiger partial charge is 0.454 e. The summed E-state index contributed by atoms with van der Waals surface area (Å²) < 4.78 is 68.4. The van der Waals surface area contributed by atoms with E-state index in [9.17, 15) is 21.6 Å². The highest BCUT2D eigenvalue weighted by molar-refractivity contribution is 7.93. The van der Waals surface area contributed by atoms with Gasteiger partial charge in [-0.05, 0) is 30.9 Å². The average Bonchev–Trinajstić information content (AvgIpc) is 3.46. The maximum atomic E-state index is 13.2. The molecule has 1 aliphatic rings. The number of aryl methyl sites for hydroxylation is 1. The Bertz CT molecular complexity index is 1490. The molecule has 0 unspecified atom stereocenters. The molecule has 1 aromatic carbocycles. The van der Waals surface area contributed by atoms with Crippen LogP contribution in [0.25, 0.3) is 0 Å². The van der Waals surface area contributed by atoms with Crippen LogP contribution in [0.1, 0.15) is 26.5 Å². The zero-order chi connectivity index (χ0) is 24.1. The maximum Gasteiger partial charge on any atom is 0.265 e. The predicted molar refractivity (Wildman–Crippen MR) is 120 cm³/mol. The Balaban J connectivity index is 1.71. The van der Waals surface area contributed by atoms with Crippen molar-refractivity contribution in [3.8, 4) is 11.5 Å². The second kappa shape index (κ2) is 8.31. The minimum Gasteiger partial charge on any atom is -0.454 e. The number of benzene rings is 1. The third kappa shape index (κ3) is 4.33. The number of aromatic nitrogens is 1. The Labute approximate surface area is 198 Å². The second-order valence-electron chi connectivity index (χ2n) is 7.21. The predicted octanol–water partition coefficient (Wildman–Crippen LogP) is 3.36. The highest BCUT2D eigenvalue weighted by Gasteiger charge is 2.30. The van der Waals surface area contributed by atoms with Crippen LogP contribution in [0.2, 0.25) is 5.02 Å². The number of nitrogens with zero attached hydrogens (tertiary/aromatic N) is 1. The fraction of sp³-hybridized carbons (Fsp3) is 0.263. The number of carbonyl (C=O) groups excluding carboxylic acids is 1. The summed E-state index contributed by atoms with van der Waals surface area (Å²) in [7, 11) is -7.97. The van der Waals surface area contributed by atoms with Crippen LogP contribution in [0.15, 0.2) is 31.8 Å². The first-order valence-electron chi connectivity index (χ1n) is 9.27. The van der Waals surface area contributed by atoms with Gasteiger partial charge in [0.15, 0.2) is 27.1 Å². The van der Waals surface area contributed by atoms with Gasteiger partial charge in [-0.15, -0.1) is 11.3 Å². The zero-order valence-corrected chi connectivity index (χ0v) is 20.7. The van der Waals surface area contributed by atoms with Gasteiger partial charge in [-0.1, -0.05) is 16.8 Å². The molecule has 0 amide bonds. The van der Waals surface area contributed by atoms with E-state index in [0.29, 0.717) is 17.0 Å². The summed E-state index contributed by atoms with van der Waals surface area (Å²) in [6.07, 6.45) is 0.655. The Morgan fingerprint density at radius 3 is 2.58 bits per heavy atom. The highest BCUT2D eigenvalue weighted by Crippen LogP contribution is 2.41. The van der Waals surface area contributed by atoms with E-state index in [-0.39, 0.29) is 50.1 Å². The van der Waals surface area contributed by atoms with Gasteiger partial charge < -0.3 is 14.0 Å². The lowest BCUT2D eigenvalue weighted by Gasteiger charge is -2.13. The number of Topliss-reactive ketones (excluding diaryl/α,β-unsaturated/α-hetero) is 1. The first kappa shape index (κ1) is 23.5. The van der Waals surface area contributed by atoms with Crippen LogP contribution in [0, 0.1) is 13.8 Å². The van der Waals surface area contributed by atoms with Crippen molar-refractivity contribution >= 4 is 54.5 Å². The molecule has 0 saturated heterocycles. The fourth-order valence-corrected chi connectivity index (χ4v) is 6.87. The lowest BCUT2D eigenvalue weighted by molar-refractivity contribution is 0.0993. The molecule has 1 aliphatic heterocycles. The summed E-state index contributed by atoms with van der Waals surface area (Å²) in [6, 6.07) is 2.58. The second-order valence-corrected chi connectivity index (χ2v) is 12.1. The lowest BCUT2D eigenvalue weighted by Crippen LogP contribution is -2.17. The number of sulfonamides is 1. The molecule has 0 atom stereocenters. The molecule has 1 N–H and O–H groups in total. The molecule has 0 fully saturated rings. The minimum absolute atomic E-state index is 0.00420. The van der Waals surface area contributed by atoms with Gasteiger partial charge in [0.05, 0.1) is 9.77 Å². The SMILES string of the molecule is Cc1noc(NS(=O)(=O)c2ccsc2C(=O)Cc2c(S(C)(=O)=O)cc3c(c2C)OCO3)c1Cl. The van der Waals surface area contributed by atoms with E-state index >= 15 is 0 Å². The van der Waals surface area contributed by atoms with Crippen LogP contribution in [-0.2, 0) is 26.3 Å². The molecular formula is C19H17ClN2O8S3. The van der Waals surface area contributed by atoms with Crippen LogP contribution in [0.5, 0.6) is 11.5 Å². The molecule has 0 aliphatic carbocycles. The molecule has 3 aromatic rings. The van der Waals surface area contributed by atoms with Crippen molar-refractivity contribution in [1.29, 1.82) is 0 Å². The standard InChI is InChI=1S/C19H17ClN2O8S3/c1-9-11(15(32(3,24)25)7-13-17(9)29-8-28-13)6-12(23)18-14(4-5-31-18)33(26,27)22-19-16(20)10(2)21-30-19/h4-5,7,22H,6,8H2,1-3H3. The Hall–Kier alpha value is -2.61. The van der Waals surface area contributed by atoms with E-state index in [4.69, 9.17) is 25.6 Å². The summed E-state index contributed by atoms with van der Waals surface area (Å²) in [6.45, 7) is 3.09. The quantitative estimate of drug-likeness (QED) is 0.453. The number of ether oxygens (including phenoxy) is 2. The van der Waals surface area contributed by atoms with Crippen LogP contribution < -0.4 is 14.2 Å². The molecule has 4 rings (SSSR count). The number of nitrogens with one attached hydrogen (secondary N) is 1. The number of hydrogen-bond acceptors (Lipinski definition) is 10. The monoisotopic (exact) mass is 532 g/mol. The van der Waals surface area contributed by atoms with Gasteiger partial charge in [-0.2, -0.15) is 0 Å². The molecule has 14 heteroatoms. The Morgan fingerprint density at radius 1 is 1.21 bits per heavy atom. The number of fused-ring (bicyclic) bond motifs is 1. The van der Waals surface area contributed by atoms with E-state index in [1.807, 2.05) is 0 Å². The molecule has 2 aromatic heterocycles. The lowest BCUT2D eigenvalue weighted by atomic mass is 10.0. The summed E-state index contributed by atoms with van der Waals surface area (Å²) in [5.41, 5.74) is 0.940. The first-order chi connectivity index (χ1) is 15.4. The maximum absolute atomic E-state index is 13.2. The number of halogens is 1. The first-order valence-corrected chi connectivity index (χ1v) is 13.9. The molecule has 0 spiro atoms. The van der Waals surface area contributed by atoms with E-state index in [1.165, 1.54) is 24.4 Å². The van der Waals surface area contributed by atoms with Crippen molar-refractivity contribution in [2.24, 2.45) is 0 Å². The Morgan fingerprint density at radius 2 is 1.94 bits per heavy atom. The van der Waals surface area contributed by atoms with E-state index < -0.39 is 25.6 Å². The molecular weight excluding hydrogens is 516 g/mol. The van der Waals surface area contributed by atoms with E-state index in [2.05, 4.69) is 9.88 Å². The number of thiophene rings is 1. The molecule has 0 saturated carbocycles. The fourth-order valence-electron chi connectivity index (χ4n) is 3.32. The summed E-state index contributed by atoms with van der Waals surface area (Å²) in [5.74, 6) is -0.241. The smallest absolute Gasteiger partial charge is 0.265 e. The van der Waals surface area contributed by atoms with Gasteiger partial charge >= 0.3 is 0 Å². The van der Waals surface area contributed by atoms with Gasteiger partial charge in [0.2, 0.25) is 6.79 Å². The third-order valence-electron chi connectivity index (χ3n) is 4.92. The minimum atomic E-state index is -4.25. The van der Waals surface area contributed by atoms with Crippen molar-refractivity contribution < 1.29 is 35.6 Å². The van der Waals surface area contributed by atoms with E-state index in [0.717, 1.165) is 17.6 Å². The summed E-state index contributed by atoms with van der Waals surface area (Å²) in [4.78, 5) is 12.7. The van der Waals surface area contributed by atoms with Crippen LogP contribution >= 0.6 is 22.9 Å². The van der Waals surface area contributed by atoms with Crippen LogP contribution in [0.3, 0.4) is 0 Å². The van der Waals surface area contributed by atoms with Gasteiger partial charge in [0, 0.05) is 24.3 Å². The van der Waals surface area contributed by atoms with Gasteiger partial charge in [-0.25, -0.2) is 21.6 Å². The average molecular weight is 533 g/mol. The summed E-state index contributed by atoms with van der Waals surface area (Å²) in [5, 5.41) is 5.03. The Kier molecular flexibility index (Phi) is 5.93. The summed E-state index contributed by atoms with van der Waals surface area (Å²) >= 11 is 6.90. The number of rotatable bonds is 7. The van der Waals surface area contributed by atoms with Gasteiger partial charge in [0.1, 0.15) is 15.6 Å². The zero-order valence-electron chi connectivity index (χ0n) is 17.5. The number of hydrogen-bond donors (Lipinski definition) is 1. The molecule has 176 valence electrons. The van der Waals surface area contributed by atoms with Gasteiger partial charge in [0.25, 0.3) is 15.9 Å². The molecule has 33 heavy (non-hydrogen) atoms. The van der Waals surface area contributed by atoms with Gasteiger partial charge in [-0.3, -0.25) is 4.79 Å². The topological polar surface area (TPSA) is 142 Å².